The third-order valence-corrected chi connectivity index (χ3v) is 2.99. The molecular formula is C13H25IN4O. The summed E-state index contributed by atoms with van der Waals surface area (Å²) in [6.45, 7) is 9.14. The first kappa shape index (κ1) is 18.2. The lowest BCUT2D eigenvalue weighted by Crippen LogP contribution is -2.43. The molecule has 6 heteroatoms. The Morgan fingerprint density at radius 1 is 1.42 bits per heavy atom. The standard InChI is InChI=1S/C13H24N4O.HI/c1-6-11-7-12(18-17-11)8-15-13(14-5)16-10(4)9(2)3;/h7,9-10H,6,8H2,1-5H3,(H2,14,15,16);1H. The predicted molar refractivity (Wildman–Crippen MR) is 88.9 cm³/mol. The highest BCUT2D eigenvalue weighted by Crippen LogP contribution is 2.04. The molecule has 0 amide bonds. The van der Waals surface area contributed by atoms with Gasteiger partial charge in [0.25, 0.3) is 0 Å². The van der Waals surface area contributed by atoms with Crippen LogP contribution in [0, 0.1) is 5.92 Å². The number of rotatable bonds is 5. The van der Waals surface area contributed by atoms with Gasteiger partial charge in [0, 0.05) is 19.2 Å². The highest BCUT2D eigenvalue weighted by atomic mass is 127. The number of hydrogen-bond acceptors (Lipinski definition) is 3. The second kappa shape index (κ2) is 9.17. The number of nitrogens with zero attached hydrogens (tertiary/aromatic N) is 2. The quantitative estimate of drug-likeness (QED) is 0.468. The molecule has 1 aromatic heterocycles. The van der Waals surface area contributed by atoms with E-state index in [1.54, 1.807) is 7.05 Å². The van der Waals surface area contributed by atoms with E-state index in [-0.39, 0.29) is 24.0 Å². The Labute approximate surface area is 132 Å². The predicted octanol–water partition coefficient (Wildman–Crippen LogP) is 2.56. The Kier molecular flexibility index (Phi) is 8.79. The maximum atomic E-state index is 5.21. The topological polar surface area (TPSA) is 62.5 Å². The van der Waals surface area contributed by atoms with E-state index in [1.807, 2.05) is 6.07 Å². The van der Waals surface area contributed by atoms with Crippen molar-refractivity contribution in [1.29, 1.82) is 0 Å². The Hall–Kier alpha value is -0.790. The van der Waals surface area contributed by atoms with Crippen molar-refractivity contribution < 1.29 is 4.52 Å². The first-order valence-electron chi connectivity index (χ1n) is 6.48. The monoisotopic (exact) mass is 380 g/mol. The molecule has 5 nitrogen and oxygen atoms in total. The third kappa shape index (κ3) is 6.26. The van der Waals surface area contributed by atoms with Crippen molar-refractivity contribution in [1.82, 2.24) is 15.8 Å². The summed E-state index contributed by atoms with van der Waals surface area (Å²) >= 11 is 0. The summed E-state index contributed by atoms with van der Waals surface area (Å²) in [6.07, 6.45) is 0.890. The SMILES string of the molecule is CCc1cc(CNC(=NC)NC(C)C(C)C)on1.I. The number of guanidine groups is 1. The van der Waals surface area contributed by atoms with E-state index in [0.717, 1.165) is 23.8 Å². The first-order valence-corrected chi connectivity index (χ1v) is 6.48. The van der Waals surface area contributed by atoms with E-state index >= 15 is 0 Å². The van der Waals surface area contributed by atoms with Gasteiger partial charge in [-0.15, -0.1) is 24.0 Å². The van der Waals surface area contributed by atoms with Gasteiger partial charge in [0.05, 0.1) is 12.2 Å². The molecule has 0 radical (unpaired) electrons. The molecule has 1 rings (SSSR count). The molecule has 1 heterocycles. The van der Waals surface area contributed by atoms with Crippen LogP contribution in [0.3, 0.4) is 0 Å². The summed E-state index contributed by atoms with van der Waals surface area (Å²) in [5.41, 5.74) is 0.977. The summed E-state index contributed by atoms with van der Waals surface area (Å²) in [5, 5.41) is 10.5. The molecule has 1 atom stereocenters. The van der Waals surface area contributed by atoms with Crippen LogP contribution in [0.2, 0.25) is 0 Å². The lowest BCUT2D eigenvalue weighted by molar-refractivity contribution is 0.374. The summed E-state index contributed by atoms with van der Waals surface area (Å²) in [7, 11) is 1.76. The van der Waals surface area contributed by atoms with Gasteiger partial charge in [-0.25, -0.2) is 0 Å². The van der Waals surface area contributed by atoms with Crippen molar-refractivity contribution in [3.63, 3.8) is 0 Å². The molecule has 0 saturated heterocycles. The second-order valence-corrected chi connectivity index (χ2v) is 4.74. The number of aliphatic imine (C=N–C) groups is 1. The highest BCUT2D eigenvalue weighted by molar-refractivity contribution is 14.0. The van der Waals surface area contributed by atoms with Gasteiger partial charge in [0.15, 0.2) is 11.7 Å². The average Bonchev–Trinajstić information content (AvgIpc) is 2.81. The van der Waals surface area contributed by atoms with E-state index in [9.17, 15) is 0 Å². The fourth-order valence-corrected chi connectivity index (χ4v) is 1.35. The smallest absolute Gasteiger partial charge is 0.191 e. The van der Waals surface area contributed by atoms with Crippen LogP contribution in [0.4, 0.5) is 0 Å². The van der Waals surface area contributed by atoms with Crippen molar-refractivity contribution in [3.05, 3.63) is 17.5 Å². The zero-order chi connectivity index (χ0) is 13.5. The highest BCUT2D eigenvalue weighted by Gasteiger charge is 2.09. The van der Waals surface area contributed by atoms with Gasteiger partial charge in [0.1, 0.15) is 0 Å². The van der Waals surface area contributed by atoms with Gasteiger partial charge < -0.3 is 15.2 Å². The van der Waals surface area contributed by atoms with Crippen molar-refractivity contribution in [2.24, 2.45) is 10.9 Å². The van der Waals surface area contributed by atoms with Crippen LogP contribution in [-0.4, -0.2) is 24.2 Å². The molecule has 0 spiro atoms. The largest absolute Gasteiger partial charge is 0.359 e. The van der Waals surface area contributed by atoms with E-state index in [0.29, 0.717) is 18.5 Å². The Morgan fingerprint density at radius 2 is 2.11 bits per heavy atom. The summed E-state index contributed by atoms with van der Waals surface area (Å²) in [5.74, 6) is 2.16. The molecule has 1 unspecified atom stereocenters. The summed E-state index contributed by atoms with van der Waals surface area (Å²) in [4.78, 5) is 4.18. The van der Waals surface area contributed by atoms with Crippen molar-refractivity contribution in [3.8, 4) is 0 Å². The number of aromatic nitrogens is 1. The first-order chi connectivity index (χ1) is 8.56. The van der Waals surface area contributed by atoms with Crippen LogP contribution in [0.1, 0.15) is 39.1 Å². The molecule has 0 aliphatic heterocycles. The molecule has 19 heavy (non-hydrogen) atoms. The molecular weight excluding hydrogens is 355 g/mol. The van der Waals surface area contributed by atoms with Crippen LogP contribution < -0.4 is 10.6 Å². The number of aryl methyl sites for hydroxylation is 1. The lowest BCUT2D eigenvalue weighted by Gasteiger charge is -2.20. The number of nitrogens with one attached hydrogen (secondary N) is 2. The van der Waals surface area contributed by atoms with Crippen LogP contribution in [0.15, 0.2) is 15.6 Å². The van der Waals surface area contributed by atoms with Gasteiger partial charge >= 0.3 is 0 Å². The van der Waals surface area contributed by atoms with Crippen LogP contribution in [-0.2, 0) is 13.0 Å². The van der Waals surface area contributed by atoms with E-state index in [1.165, 1.54) is 0 Å². The molecule has 0 aliphatic carbocycles. The van der Waals surface area contributed by atoms with Crippen molar-refractivity contribution >= 4 is 29.9 Å². The van der Waals surface area contributed by atoms with Crippen molar-refractivity contribution in [2.75, 3.05) is 7.05 Å². The van der Waals surface area contributed by atoms with E-state index in [2.05, 4.69) is 48.5 Å². The molecule has 0 saturated carbocycles. The Balaban J connectivity index is 0.00000324. The summed E-state index contributed by atoms with van der Waals surface area (Å²) < 4.78 is 5.21. The second-order valence-electron chi connectivity index (χ2n) is 4.74. The Morgan fingerprint density at radius 3 is 2.58 bits per heavy atom. The number of halogens is 1. The zero-order valence-electron chi connectivity index (χ0n) is 12.4. The van der Waals surface area contributed by atoms with Gasteiger partial charge in [-0.2, -0.15) is 0 Å². The van der Waals surface area contributed by atoms with Crippen LogP contribution in [0.25, 0.3) is 0 Å². The molecule has 0 fully saturated rings. The molecule has 0 aromatic carbocycles. The van der Waals surface area contributed by atoms with Gasteiger partial charge in [-0.1, -0.05) is 25.9 Å². The van der Waals surface area contributed by atoms with Crippen molar-refractivity contribution in [2.45, 2.75) is 46.7 Å². The molecule has 0 bridgehead atoms. The molecule has 2 N–H and O–H groups in total. The minimum Gasteiger partial charge on any atom is -0.359 e. The zero-order valence-corrected chi connectivity index (χ0v) is 14.7. The summed E-state index contributed by atoms with van der Waals surface area (Å²) in [6, 6.07) is 2.34. The van der Waals surface area contributed by atoms with Gasteiger partial charge in [-0.3, -0.25) is 4.99 Å². The minimum atomic E-state index is 0. The van der Waals surface area contributed by atoms with Gasteiger partial charge in [-0.05, 0) is 19.3 Å². The Bertz CT molecular complexity index is 390. The molecule has 1 aromatic rings. The van der Waals surface area contributed by atoms with E-state index < -0.39 is 0 Å². The third-order valence-electron chi connectivity index (χ3n) is 2.99. The maximum absolute atomic E-state index is 5.21. The van der Waals surface area contributed by atoms with Crippen LogP contribution in [0.5, 0.6) is 0 Å². The minimum absolute atomic E-state index is 0. The average molecular weight is 380 g/mol. The van der Waals surface area contributed by atoms with E-state index in [4.69, 9.17) is 4.52 Å². The number of hydrogen-bond donors (Lipinski definition) is 2. The maximum Gasteiger partial charge on any atom is 0.191 e. The van der Waals surface area contributed by atoms with Gasteiger partial charge in [0.2, 0.25) is 0 Å². The lowest BCUT2D eigenvalue weighted by atomic mass is 10.1. The molecule has 0 aliphatic rings. The molecule has 110 valence electrons. The fraction of sp³-hybridized carbons (Fsp3) is 0.692. The fourth-order valence-electron chi connectivity index (χ4n) is 1.35. The normalized spacial score (nSPS) is 13.1. The van der Waals surface area contributed by atoms with Crippen LogP contribution >= 0.6 is 24.0 Å².